The van der Waals surface area contributed by atoms with Gasteiger partial charge in [-0.1, -0.05) is 39.8 Å². The highest BCUT2D eigenvalue weighted by Gasteiger charge is 2.27. The van der Waals surface area contributed by atoms with Crippen LogP contribution in [0.25, 0.3) is 0 Å². The van der Waals surface area contributed by atoms with Gasteiger partial charge in [0.25, 0.3) is 0 Å². The molecule has 0 bridgehead atoms. The zero-order valence-corrected chi connectivity index (χ0v) is 9.20. The summed E-state index contributed by atoms with van der Waals surface area (Å²) in [6.45, 7) is 8.57. The molecule has 0 aromatic rings. The molecule has 0 saturated heterocycles. The molecule has 0 unspecified atom stereocenters. The third-order valence-corrected chi connectivity index (χ3v) is 4.18. The lowest BCUT2D eigenvalue weighted by Gasteiger charge is -2.17. The first kappa shape index (κ1) is 9.97. The molecular formula is C10H18OS. The third kappa shape index (κ3) is 2.74. The van der Waals surface area contributed by atoms with Crippen LogP contribution in [0.4, 0.5) is 0 Å². The standard InChI is InChI=1S/C10H18OS/c1-9(2)5-6-10(3,4)8-12(11)7-9/h5-6H,7-8H2,1-4H3. The Bertz CT molecular complexity index is 204. The van der Waals surface area contributed by atoms with Gasteiger partial charge >= 0.3 is 0 Å². The average Bonchev–Trinajstić information content (AvgIpc) is 1.87. The fourth-order valence-corrected chi connectivity index (χ4v) is 3.38. The number of allylic oxidation sites excluding steroid dienone is 2. The van der Waals surface area contributed by atoms with Crippen molar-refractivity contribution in [2.75, 3.05) is 11.5 Å². The van der Waals surface area contributed by atoms with E-state index in [1.54, 1.807) is 0 Å². The summed E-state index contributed by atoms with van der Waals surface area (Å²) in [6.07, 6.45) is 4.41. The fraction of sp³-hybridized carbons (Fsp3) is 0.800. The van der Waals surface area contributed by atoms with Crippen LogP contribution in [0.1, 0.15) is 27.7 Å². The van der Waals surface area contributed by atoms with E-state index in [1.807, 2.05) is 0 Å². The first-order valence-corrected chi connectivity index (χ1v) is 5.85. The topological polar surface area (TPSA) is 17.1 Å². The van der Waals surface area contributed by atoms with Crippen molar-refractivity contribution in [3.8, 4) is 0 Å². The number of hydrogen-bond acceptors (Lipinski definition) is 1. The number of rotatable bonds is 0. The van der Waals surface area contributed by atoms with Crippen molar-refractivity contribution in [3.63, 3.8) is 0 Å². The molecular weight excluding hydrogens is 168 g/mol. The molecule has 0 spiro atoms. The van der Waals surface area contributed by atoms with Gasteiger partial charge in [-0.3, -0.25) is 4.21 Å². The van der Waals surface area contributed by atoms with Crippen LogP contribution in [-0.2, 0) is 10.8 Å². The summed E-state index contributed by atoms with van der Waals surface area (Å²) in [4.78, 5) is 0. The van der Waals surface area contributed by atoms with E-state index >= 15 is 0 Å². The molecule has 0 radical (unpaired) electrons. The van der Waals surface area contributed by atoms with Gasteiger partial charge in [-0.2, -0.15) is 0 Å². The van der Waals surface area contributed by atoms with E-state index in [-0.39, 0.29) is 10.8 Å². The summed E-state index contributed by atoms with van der Waals surface area (Å²) in [5.74, 6) is 1.60. The summed E-state index contributed by atoms with van der Waals surface area (Å²) in [5.41, 5.74) is 0.220. The maximum absolute atomic E-state index is 11.6. The van der Waals surface area contributed by atoms with Crippen molar-refractivity contribution >= 4 is 10.8 Å². The van der Waals surface area contributed by atoms with Crippen molar-refractivity contribution < 1.29 is 4.21 Å². The van der Waals surface area contributed by atoms with Crippen LogP contribution in [-0.4, -0.2) is 15.7 Å². The molecule has 1 heterocycles. The van der Waals surface area contributed by atoms with E-state index in [0.717, 1.165) is 11.5 Å². The second kappa shape index (κ2) is 2.99. The minimum absolute atomic E-state index is 0.110. The lowest BCUT2D eigenvalue weighted by molar-refractivity contribution is 0.531. The Morgan fingerprint density at radius 1 is 1.00 bits per heavy atom. The van der Waals surface area contributed by atoms with Crippen molar-refractivity contribution in [3.05, 3.63) is 12.2 Å². The molecule has 0 N–H and O–H groups in total. The molecule has 1 aliphatic rings. The Labute approximate surface area is 77.7 Å². The van der Waals surface area contributed by atoms with Crippen LogP contribution in [0.3, 0.4) is 0 Å². The maximum Gasteiger partial charge on any atom is 0.0321 e. The van der Waals surface area contributed by atoms with Gasteiger partial charge < -0.3 is 0 Å². The minimum atomic E-state index is -0.659. The summed E-state index contributed by atoms with van der Waals surface area (Å²) in [6, 6.07) is 0. The Balaban J connectivity index is 2.89. The van der Waals surface area contributed by atoms with Crippen LogP contribution in [0, 0.1) is 10.8 Å². The van der Waals surface area contributed by atoms with Gasteiger partial charge in [0.1, 0.15) is 0 Å². The van der Waals surface area contributed by atoms with Crippen molar-refractivity contribution in [1.29, 1.82) is 0 Å². The first-order chi connectivity index (χ1) is 5.31. The molecule has 0 aliphatic carbocycles. The van der Waals surface area contributed by atoms with E-state index in [1.165, 1.54) is 0 Å². The van der Waals surface area contributed by atoms with Crippen LogP contribution < -0.4 is 0 Å². The normalized spacial score (nSPS) is 28.3. The molecule has 0 saturated carbocycles. The van der Waals surface area contributed by atoms with E-state index in [0.29, 0.717) is 0 Å². The Morgan fingerprint density at radius 3 is 1.67 bits per heavy atom. The van der Waals surface area contributed by atoms with E-state index in [4.69, 9.17) is 0 Å². The monoisotopic (exact) mass is 186 g/mol. The molecule has 0 aromatic carbocycles. The van der Waals surface area contributed by atoms with Crippen LogP contribution in [0.15, 0.2) is 12.2 Å². The second-order valence-corrected chi connectivity index (χ2v) is 6.50. The summed E-state index contributed by atoms with van der Waals surface area (Å²) < 4.78 is 11.6. The molecule has 70 valence electrons. The van der Waals surface area contributed by atoms with E-state index < -0.39 is 10.8 Å². The number of hydrogen-bond donors (Lipinski definition) is 0. The molecule has 12 heavy (non-hydrogen) atoms. The van der Waals surface area contributed by atoms with Crippen molar-refractivity contribution in [1.82, 2.24) is 0 Å². The fourth-order valence-electron chi connectivity index (χ4n) is 1.43. The molecule has 0 amide bonds. The van der Waals surface area contributed by atoms with Crippen LogP contribution in [0.5, 0.6) is 0 Å². The highest BCUT2D eigenvalue weighted by molar-refractivity contribution is 7.85. The van der Waals surface area contributed by atoms with Crippen molar-refractivity contribution in [2.24, 2.45) is 10.8 Å². The van der Waals surface area contributed by atoms with Gasteiger partial charge in [0.05, 0.1) is 0 Å². The summed E-state index contributed by atoms with van der Waals surface area (Å²) >= 11 is 0. The van der Waals surface area contributed by atoms with Crippen LogP contribution >= 0.6 is 0 Å². The van der Waals surface area contributed by atoms with Gasteiger partial charge in [-0.25, -0.2) is 0 Å². The third-order valence-electron chi connectivity index (χ3n) is 2.05. The molecule has 0 fully saturated rings. The van der Waals surface area contributed by atoms with Gasteiger partial charge in [0.15, 0.2) is 0 Å². The summed E-state index contributed by atoms with van der Waals surface area (Å²) in [7, 11) is -0.659. The maximum atomic E-state index is 11.6. The lowest BCUT2D eigenvalue weighted by Crippen LogP contribution is -2.21. The molecule has 1 aliphatic heterocycles. The molecule has 1 nitrogen and oxygen atoms in total. The molecule has 1 rings (SSSR count). The summed E-state index contributed by atoms with van der Waals surface area (Å²) in [5, 5.41) is 0. The van der Waals surface area contributed by atoms with Gasteiger partial charge in [-0.15, -0.1) is 0 Å². The zero-order chi connectivity index (χ0) is 9.41. The average molecular weight is 186 g/mol. The Hall–Kier alpha value is -0.110. The molecule has 0 aromatic heterocycles. The van der Waals surface area contributed by atoms with Gasteiger partial charge in [0, 0.05) is 22.3 Å². The van der Waals surface area contributed by atoms with Gasteiger partial charge in [0.2, 0.25) is 0 Å². The minimum Gasteiger partial charge on any atom is -0.260 e. The van der Waals surface area contributed by atoms with Crippen molar-refractivity contribution in [2.45, 2.75) is 27.7 Å². The van der Waals surface area contributed by atoms with Crippen LogP contribution in [0.2, 0.25) is 0 Å². The predicted molar refractivity (Wildman–Crippen MR) is 54.6 cm³/mol. The zero-order valence-electron chi connectivity index (χ0n) is 8.39. The highest BCUT2D eigenvalue weighted by atomic mass is 32.2. The van der Waals surface area contributed by atoms with E-state index in [2.05, 4.69) is 39.8 Å². The predicted octanol–water partition coefficient (Wildman–Crippen LogP) is 2.36. The smallest absolute Gasteiger partial charge is 0.0321 e. The SMILES string of the molecule is CC1(C)C=CC(C)(C)CS(=O)C1. The quantitative estimate of drug-likeness (QED) is 0.531. The highest BCUT2D eigenvalue weighted by Crippen LogP contribution is 2.29. The molecule has 2 heteroatoms. The Morgan fingerprint density at radius 2 is 1.33 bits per heavy atom. The lowest BCUT2D eigenvalue weighted by atomic mass is 9.89. The Kier molecular flexibility index (Phi) is 2.48. The largest absolute Gasteiger partial charge is 0.260 e. The van der Waals surface area contributed by atoms with E-state index in [9.17, 15) is 4.21 Å². The first-order valence-electron chi connectivity index (χ1n) is 4.36. The molecule has 0 atom stereocenters. The second-order valence-electron chi connectivity index (χ2n) is 5.04. The van der Waals surface area contributed by atoms with Gasteiger partial charge in [-0.05, 0) is 10.8 Å².